The molecular formula is C21H26N4O5S. The van der Waals surface area contributed by atoms with Crippen LogP contribution in [-0.2, 0) is 47.0 Å². The van der Waals surface area contributed by atoms with Crippen molar-refractivity contribution in [2.75, 3.05) is 19.0 Å². The molecule has 2 heterocycles. The number of carbonyl (C=O) groups is 1. The number of hydrogen-bond acceptors (Lipinski definition) is 6. The molecule has 1 atom stereocenters. The Morgan fingerprint density at radius 2 is 1.81 bits per heavy atom. The zero-order valence-corrected chi connectivity index (χ0v) is 18.5. The molecule has 2 aromatic rings. The number of amides is 2. The summed E-state index contributed by atoms with van der Waals surface area (Å²) in [6.07, 6.45) is 6.91. The van der Waals surface area contributed by atoms with Crippen LogP contribution in [0.4, 0.5) is 10.5 Å². The molecule has 5 rings (SSSR count). The summed E-state index contributed by atoms with van der Waals surface area (Å²) in [7, 11) is -2.59. The molecule has 2 amide bonds. The van der Waals surface area contributed by atoms with E-state index in [-0.39, 0.29) is 23.5 Å². The first-order valence-corrected chi connectivity index (χ1v) is 12.1. The fourth-order valence-corrected chi connectivity index (χ4v) is 6.06. The molecule has 1 aromatic carbocycles. The van der Waals surface area contributed by atoms with Crippen LogP contribution in [0.5, 0.6) is 5.88 Å². The standard InChI is InChI=1S/C21H26N4O5S/c1-12-14-5-3-7-16(14)19(17-8-4-6-15(12)17)23-21(26)24-31(27,28)18-9-22-25-10-13(29-2)11-30-20(18)25/h9,13H,3-8,10-11H2,1-2H3,(H2,23,24,26)/t13-/m1/s1. The maximum Gasteiger partial charge on any atom is 0.333 e. The highest BCUT2D eigenvalue weighted by Crippen LogP contribution is 2.41. The SMILES string of the molecule is CO[C@H]1COc2c(S(=O)(=O)NC(=O)Nc3c4c(c(C)c5c3CCC5)CCC4)cnn2C1. The van der Waals surface area contributed by atoms with E-state index in [1.54, 1.807) is 7.11 Å². The van der Waals surface area contributed by atoms with E-state index in [1.807, 2.05) is 0 Å². The van der Waals surface area contributed by atoms with Gasteiger partial charge in [0.2, 0.25) is 5.88 Å². The molecular weight excluding hydrogens is 420 g/mol. The number of hydrogen-bond donors (Lipinski definition) is 2. The van der Waals surface area contributed by atoms with Crippen LogP contribution in [0.3, 0.4) is 0 Å². The van der Waals surface area contributed by atoms with E-state index in [1.165, 1.54) is 27.6 Å². The highest BCUT2D eigenvalue weighted by atomic mass is 32.2. The first-order chi connectivity index (χ1) is 14.9. The van der Waals surface area contributed by atoms with Gasteiger partial charge in [0, 0.05) is 12.8 Å². The van der Waals surface area contributed by atoms with Gasteiger partial charge in [-0.15, -0.1) is 0 Å². The van der Waals surface area contributed by atoms with Crippen molar-refractivity contribution in [3.8, 4) is 5.88 Å². The highest BCUT2D eigenvalue weighted by Gasteiger charge is 2.32. The molecule has 3 aliphatic rings. The first kappa shape index (κ1) is 20.3. The van der Waals surface area contributed by atoms with Gasteiger partial charge in [-0.1, -0.05) is 0 Å². The Kier molecular flexibility index (Phi) is 4.93. The number of urea groups is 1. The predicted octanol–water partition coefficient (Wildman–Crippen LogP) is 2.09. The largest absolute Gasteiger partial charge is 0.474 e. The minimum atomic E-state index is -4.15. The minimum absolute atomic E-state index is 0.116. The normalized spacial score (nSPS) is 19.4. The van der Waals surface area contributed by atoms with Gasteiger partial charge in [0.05, 0.1) is 12.7 Å². The number of aromatic nitrogens is 2. The molecule has 1 aliphatic heterocycles. The van der Waals surface area contributed by atoms with Crippen molar-refractivity contribution in [2.24, 2.45) is 0 Å². The van der Waals surface area contributed by atoms with E-state index in [9.17, 15) is 13.2 Å². The van der Waals surface area contributed by atoms with Crippen molar-refractivity contribution in [3.05, 3.63) is 34.0 Å². The monoisotopic (exact) mass is 446 g/mol. The Bertz CT molecular complexity index is 1140. The van der Waals surface area contributed by atoms with E-state index in [0.717, 1.165) is 55.3 Å². The lowest BCUT2D eigenvalue weighted by atomic mass is 9.93. The van der Waals surface area contributed by atoms with E-state index in [0.29, 0.717) is 6.54 Å². The molecule has 166 valence electrons. The van der Waals surface area contributed by atoms with Gasteiger partial charge in [0.1, 0.15) is 12.7 Å². The molecule has 0 radical (unpaired) electrons. The smallest absolute Gasteiger partial charge is 0.333 e. The van der Waals surface area contributed by atoms with Crippen LogP contribution >= 0.6 is 0 Å². The summed E-state index contributed by atoms with van der Waals surface area (Å²) in [5.41, 5.74) is 7.08. The van der Waals surface area contributed by atoms with Crippen LogP contribution in [0.2, 0.25) is 0 Å². The molecule has 2 N–H and O–H groups in total. The van der Waals surface area contributed by atoms with Crippen LogP contribution < -0.4 is 14.8 Å². The Morgan fingerprint density at radius 3 is 2.45 bits per heavy atom. The van der Waals surface area contributed by atoms with Crippen molar-refractivity contribution in [3.63, 3.8) is 0 Å². The average Bonchev–Trinajstić information content (AvgIpc) is 3.49. The number of anilines is 1. The Morgan fingerprint density at radius 1 is 1.16 bits per heavy atom. The van der Waals surface area contributed by atoms with Crippen LogP contribution in [0, 0.1) is 6.92 Å². The number of carbonyl (C=O) groups excluding carboxylic acids is 1. The van der Waals surface area contributed by atoms with Gasteiger partial charge < -0.3 is 14.8 Å². The number of fused-ring (bicyclic) bond motifs is 3. The number of methoxy groups -OCH3 is 1. The van der Waals surface area contributed by atoms with Crippen molar-refractivity contribution in [2.45, 2.75) is 63.0 Å². The summed E-state index contributed by atoms with van der Waals surface area (Å²) in [5, 5.41) is 6.94. The van der Waals surface area contributed by atoms with E-state index in [4.69, 9.17) is 9.47 Å². The predicted molar refractivity (Wildman–Crippen MR) is 113 cm³/mol. The zero-order valence-electron chi connectivity index (χ0n) is 17.7. The molecule has 9 nitrogen and oxygen atoms in total. The van der Waals surface area contributed by atoms with Gasteiger partial charge in [0.25, 0.3) is 10.0 Å². The van der Waals surface area contributed by atoms with E-state index >= 15 is 0 Å². The Labute approximate surface area is 181 Å². The van der Waals surface area contributed by atoms with Crippen LogP contribution in [-0.4, -0.2) is 44.1 Å². The summed E-state index contributed by atoms with van der Waals surface area (Å²) in [6.45, 7) is 2.77. The molecule has 10 heteroatoms. The lowest BCUT2D eigenvalue weighted by Gasteiger charge is -2.23. The maximum absolute atomic E-state index is 12.9. The summed E-state index contributed by atoms with van der Waals surface area (Å²) in [5.74, 6) is 0.116. The second-order valence-corrected chi connectivity index (χ2v) is 10.00. The second kappa shape index (κ2) is 7.52. The van der Waals surface area contributed by atoms with Crippen molar-refractivity contribution < 1.29 is 22.7 Å². The molecule has 0 spiro atoms. The number of nitrogens with zero attached hydrogens (tertiary/aromatic N) is 2. The number of ether oxygens (including phenoxy) is 2. The molecule has 31 heavy (non-hydrogen) atoms. The lowest BCUT2D eigenvalue weighted by Crippen LogP contribution is -2.36. The third kappa shape index (κ3) is 3.38. The Balaban J connectivity index is 1.40. The third-order valence-corrected chi connectivity index (χ3v) is 7.89. The number of rotatable bonds is 4. The van der Waals surface area contributed by atoms with Crippen molar-refractivity contribution in [1.29, 1.82) is 0 Å². The average molecular weight is 447 g/mol. The van der Waals surface area contributed by atoms with E-state index < -0.39 is 16.1 Å². The van der Waals surface area contributed by atoms with E-state index in [2.05, 4.69) is 22.1 Å². The quantitative estimate of drug-likeness (QED) is 0.744. The first-order valence-electron chi connectivity index (χ1n) is 10.6. The number of benzene rings is 1. The lowest BCUT2D eigenvalue weighted by molar-refractivity contribution is 0.0165. The minimum Gasteiger partial charge on any atom is -0.474 e. The van der Waals surface area contributed by atoms with Gasteiger partial charge in [0.15, 0.2) is 4.90 Å². The molecule has 2 aliphatic carbocycles. The number of nitrogens with one attached hydrogen (secondary N) is 2. The van der Waals surface area contributed by atoms with Crippen LogP contribution in [0.1, 0.15) is 40.7 Å². The third-order valence-electron chi connectivity index (χ3n) is 6.58. The maximum atomic E-state index is 12.9. The molecule has 0 saturated carbocycles. The molecule has 0 bridgehead atoms. The second-order valence-electron chi connectivity index (χ2n) is 8.35. The summed E-state index contributed by atoms with van der Waals surface area (Å²) < 4.78 is 40.2. The highest BCUT2D eigenvalue weighted by molar-refractivity contribution is 7.90. The van der Waals surface area contributed by atoms with Gasteiger partial charge in [-0.05, 0) is 73.3 Å². The molecule has 0 fully saturated rings. The Hall–Kier alpha value is -2.59. The van der Waals surface area contributed by atoms with Gasteiger partial charge in [-0.2, -0.15) is 5.10 Å². The molecule has 0 unspecified atom stereocenters. The van der Waals surface area contributed by atoms with Crippen molar-refractivity contribution in [1.82, 2.24) is 14.5 Å². The fraction of sp³-hybridized carbons (Fsp3) is 0.524. The van der Waals surface area contributed by atoms with Crippen LogP contribution in [0.25, 0.3) is 0 Å². The van der Waals surface area contributed by atoms with Gasteiger partial charge >= 0.3 is 6.03 Å². The topological polar surface area (TPSA) is 112 Å². The number of sulfonamides is 1. The van der Waals surface area contributed by atoms with Gasteiger partial charge in [-0.3, -0.25) is 0 Å². The zero-order chi connectivity index (χ0) is 21.8. The summed E-state index contributed by atoms with van der Waals surface area (Å²) >= 11 is 0. The fourth-order valence-electron chi connectivity index (χ4n) is 5.08. The summed E-state index contributed by atoms with van der Waals surface area (Å²) in [6, 6.07) is -0.766. The van der Waals surface area contributed by atoms with Crippen LogP contribution in [0.15, 0.2) is 11.1 Å². The van der Waals surface area contributed by atoms with Crippen molar-refractivity contribution >= 4 is 21.7 Å². The van der Waals surface area contributed by atoms with Gasteiger partial charge in [-0.25, -0.2) is 22.6 Å². The molecule has 0 saturated heterocycles. The summed E-state index contributed by atoms with van der Waals surface area (Å²) in [4.78, 5) is 12.6. The molecule has 1 aromatic heterocycles.